The van der Waals surface area contributed by atoms with E-state index in [1.165, 1.54) is 25.7 Å². The smallest absolute Gasteiger partial charge is 0.337 e. The Morgan fingerprint density at radius 3 is 2.11 bits per heavy atom. The molecule has 0 heterocycles. The fourth-order valence-electron chi connectivity index (χ4n) is 1.91. The van der Waals surface area contributed by atoms with Crippen molar-refractivity contribution in [2.24, 2.45) is 0 Å². The topological polar surface area (TPSA) is 66.8 Å². The summed E-state index contributed by atoms with van der Waals surface area (Å²) in [6, 6.07) is 0. The molecule has 0 aromatic carbocycles. The van der Waals surface area contributed by atoms with Crippen LogP contribution in [-0.2, 0) is 9.53 Å². The Morgan fingerprint density at radius 2 is 1.53 bits per heavy atom. The van der Waals surface area contributed by atoms with E-state index in [9.17, 15) is 15.0 Å². The molecule has 0 aliphatic rings. The molecular weight excluding hydrogens is 244 g/mol. The van der Waals surface area contributed by atoms with Crippen molar-refractivity contribution in [3.63, 3.8) is 0 Å². The molecule has 0 amide bonds. The second kappa shape index (κ2) is 12.4. The molecule has 0 bridgehead atoms. The van der Waals surface area contributed by atoms with E-state index in [4.69, 9.17) is 4.74 Å². The van der Waals surface area contributed by atoms with Gasteiger partial charge in [0.1, 0.15) is 0 Å². The minimum atomic E-state index is -1.40. The van der Waals surface area contributed by atoms with Gasteiger partial charge in [0.15, 0.2) is 6.10 Å². The van der Waals surface area contributed by atoms with Crippen LogP contribution in [0, 0.1) is 0 Å². The molecule has 0 saturated heterocycles. The minimum absolute atomic E-state index is 0.292. The first-order valence-electron chi connectivity index (χ1n) is 7.66. The van der Waals surface area contributed by atoms with Gasteiger partial charge < -0.3 is 14.9 Å². The van der Waals surface area contributed by atoms with Crippen molar-refractivity contribution in [2.75, 3.05) is 6.61 Å². The van der Waals surface area contributed by atoms with Crippen molar-refractivity contribution in [3.05, 3.63) is 0 Å². The van der Waals surface area contributed by atoms with Crippen LogP contribution in [0.4, 0.5) is 0 Å². The maximum Gasteiger partial charge on any atom is 0.337 e. The van der Waals surface area contributed by atoms with Gasteiger partial charge in [-0.15, -0.1) is 0 Å². The molecular formula is C15H30O4. The number of hydrogen-bond acceptors (Lipinski definition) is 4. The molecule has 2 unspecified atom stereocenters. The summed E-state index contributed by atoms with van der Waals surface area (Å²) in [5.41, 5.74) is 0. The van der Waals surface area contributed by atoms with Crippen LogP contribution < -0.4 is 0 Å². The van der Waals surface area contributed by atoms with E-state index in [1.807, 2.05) is 6.92 Å². The lowest BCUT2D eigenvalue weighted by atomic mass is 10.0. The zero-order valence-corrected chi connectivity index (χ0v) is 12.4. The second-order valence-corrected chi connectivity index (χ2v) is 5.09. The summed E-state index contributed by atoms with van der Waals surface area (Å²) in [6.45, 7) is 4.37. The fraction of sp³-hybridized carbons (Fsp3) is 0.933. The summed E-state index contributed by atoms with van der Waals surface area (Å²) in [5.74, 6) is -0.711. The highest BCUT2D eigenvalue weighted by atomic mass is 16.5. The molecule has 0 radical (unpaired) electrons. The van der Waals surface area contributed by atoms with Crippen molar-refractivity contribution in [3.8, 4) is 0 Å². The molecule has 19 heavy (non-hydrogen) atoms. The Bertz CT molecular complexity index is 218. The lowest BCUT2D eigenvalue weighted by Gasteiger charge is -2.16. The number of ether oxygens (including phenoxy) is 1. The zero-order chi connectivity index (χ0) is 14.5. The van der Waals surface area contributed by atoms with Crippen LogP contribution in [0.25, 0.3) is 0 Å². The van der Waals surface area contributed by atoms with E-state index in [1.54, 1.807) is 0 Å². The number of carbonyl (C=O) groups is 1. The average molecular weight is 274 g/mol. The number of rotatable bonds is 12. The van der Waals surface area contributed by atoms with Gasteiger partial charge in [-0.3, -0.25) is 0 Å². The third-order valence-electron chi connectivity index (χ3n) is 3.16. The van der Waals surface area contributed by atoms with E-state index in [0.29, 0.717) is 19.4 Å². The number of carbonyl (C=O) groups excluding carboxylic acids is 1. The molecule has 0 aromatic rings. The van der Waals surface area contributed by atoms with Crippen LogP contribution in [0.1, 0.15) is 71.6 Å². The van der Waals surface area contributed by atoms with Gasteiger partial charge in [0.2, 0.25) is 0 Å². The molecule has 0 rings (SSSR count). The fourth-order valence-corrected chi connectivity index (χ4v) is 1.91. The summed E-state index contributed by atoms with van der Waals surface area (Å²) in [4.78, 5) is 11.3. The largest absolute Gasteiger partial charge is 0.464 e. The van der Waals surface area contributed by atoms with Crippen LogP contribution in [0.15, 0.2) is 0 Å². The summed E-state index contributed by atoms with van der Waals surface area (Å²) in [7, 11) is 0. The van der Waals surface area contributed by atoms with E-state index in [2.05, 4.69) is 6.92 Å². The predicted octanol–water partition coefficient (Wildman–Crippen LogP) is 2.80. The second-order valence-electron chi connectivity index (χ2n) is 5.09. The Morgan fingerprint density at radius 1 is 0.947 bits per heavy atom. The van der Waals surface area contributed by atoms with Gasteiger partial charge >= 0.3 is 5.97 Å². The van der Waals surface area contributed by atoms with E-state index in [-0.39, 0.29) is 0 Å². The Hall–Kier alpha value is -0.610. The molecule has 0 aromatic heterocycles. The van der Waals surface area contributed by atoms with Crippen LogP contribution in [0.3, 0.4) is 0 Å². The van der Waals surface area contributed by atoms with E-state index < -0.39 is 18.2 Å². The molecule has 0 saturated carbocycles. The van der Waals surface area contributed by atoms with Gasteiger partial charge in [-0.1, -0.05) is 58.8 Å². The molecule has 0 fully saturated rings. The van der Waals surface area contributed by atoms with E-state index >= 15 is 0 Å². The zero-order valence-electron chi connectivity index (χ0n) is 12.4. The van der Waals surface area contributed by atoms with Crippen LogP contribution in [0.5, 0.6) is 0 Å². The first-order chi connectivity index (χ1) is 9.13. The molecule has 4 heteroatoms. The summed E-state index contributed by atoms with van der Waals surface area (Å²) >= 11 is 0. The summed E-state index contributed by atoms with van der Waals surface area (Å²) < 4.78 is 4.80. The van der Waals surface area contributed by atoms with Crippen LogP contribution in [-0.4, -0.2) is 35.0 Å². The molecule has 0 aliphatic carbocycles. The van der Waals surface area contributed by atoms with Gasteiger partial charge in [-0.25, -0.2) is 4.79 Å². The van der Waals surface area contributed by atoms with E-state index in [0.717, 1.165) is 19.3 Å². The first kappa shape index (κ1) is 18.4. The number of hydrogen-bond donors (Lipinski definition) is 2. The minimum Gasteiger partial charge on any atom is -0.464 e. The lowest BCUT2D eigenvalue weighted by molar-refractivity contribution is -0.159. The maximum atomic E-state index is 11.3. The van der Waals surface area contributed by atoms with Crippen molar-refractivity contribution in [1.82, 2.24) is 0 Å². The molecule has 0 spiro atoms. The highest BCUT2D eigenvalue weighted by molar-refractivity contribution is 5.75. The maximum absolute atomic E-state index is 11.3. The van der Waals surface area contributed by atoms with Gasteiger partial charge in [0.25, 0.3) is 0 Å². The normalized spacial score (nSPS) is 14.1. The number of unbranched alkanes of at least 4 members (excludes halogenated alkanes) is 6. The summed E-state index contributed by atoms with van der Waals surface area (Å²) in [5, 5.41) is 19.2. The van der Waals surface area contributed by atoms with Gasteiger partial charge in [-0.2, -0.15) is 0 Å². The van der Waals surface area contributed by atoms with Crippen molar-refractivity contribution in [2.45, 2.75) is 83.8 Å². The number of esters is 1. The van der Waals surface area contributed by atoms with Gasteiger partial charge in [-0.05, 0) is 12.8 Å². The third-order valence-corrected chi connectivity index (χ3v) is 3.16. The highest BCUT2D eigenvalue weighted by Gasteiger charge is 2.24. The van der Waals surface area contributed by atoms with Crippen molar-refractivity contribution in [1.29, 1.82) is 0 Å². The van der Waals surface area contributed by atoms with Crippen LogP contribution in [0.2, 0.25) is 0 Å². The molecule has 4 nitrogen and oxygen atoms in total. The summed E-state index contributed by atoms with van der Waals surface area (Å²) in [6.07, 6.45) is 6.83. The van der Waals surface area contributed by atoms with Gasteiger partial charge in [0, 0.05) is 0 Å². The molecule has 2 atom stereocenters. The SMILES string of the molecule is CCCCCCCCCC(O)C(O)C(=O)OCCC. The average Bonchev–Trinajstić information content (AvgIpc) is 2.42. The third kappa shape index (κ3) is 9.91. The van der Waals surface area contributed by atoms with Crippen molar-refractivity contribution < 1.29 is 19.7 Å². The molecule has 114 valence electrons. The first-order valence-corrected chi connectivity index (χ1v) is 7.66. The highest BCUT2D eigenvalue weighted by Crippen LogP contribution is 2.11. The number of aliphatic hydroxyl groups is 2. The van der Waals surface area contributed by atoms with Gasteiger partial charge in [0.05, 0.1) is 12.7 Å². The quantitative estimate of drug-likeness (QED) is 0.424. The monoisotopic (exact) mass is 274 g/mol. The lowest BCUT2D eigenvalue weighted by Crippen LogP contribution is -2.35. The number of aliphatic hydroxyl groups excluding tert-OH is 2. The predicted molar refractivity (Wildman–Crippen MR) is 75.9 cm³/mol. The Balaban J connectivity index is 3.56. The molecule has 0 aliphatic heterocycles. The van der Waals surface area contributed by atoms with Crippen LogP contribution >= 0.6 is 0 Å². The Kier molecular flexibility index (Phi) is 12.0. The van der Waals surface area contributed by atoms with Crippen molar-refractivity contribution >= 4 is 5.97 Å². The Labute approximate surface area is 117 Å². The standard InChI is InChI=1S/C15H30O4/c1-3-5-6-7-8-9-10-11-13(16)14(17)15(18)19-12-4-2/h13-14,16-17H,3-12H2,1-2H3. The molecule has 2 N–H and O–H groups in total.